The fraction of sp³-hybridized carbons (Fsp3) is 0.300. The smallest absolute Gasteiger partial charge is 0.271 e. The van der Waals surface area contributed by atoms with Crippen LogP contribution in [0, 0.1) is 0 Å². The number of amides is 1. The summed E-state index contributed by atoms with van der Waals surface area (Å²) in [6.45, 7) is 3.42. The second-order valence-corrected chi connectivity index (χ2v) is 8.04. The third kappa shape index (κ3) is 2.66. The van der Waals surface area contributed by atoms with E-state index < -0.39 is 0 Å². The van der Waals surface area contributed by atoms with Crippen molar-refractivity contribution in [3.63, 3.8) is 0 Å². The molecule has 5 nitrogen and oxygen atoms in total. The summed E-state index contributed by atoms with van der Waals surface area (Å²) in [7, 11) is 0. The Labute approximate surface area is 156 Å². The molecule has 0 aromatic carbocycles. The lowest BCUT2D eigenvalue weighted by Gasteiger charge is -2.38. The number of fused-ring (bicyclic) bond motifs is 3. The highest BCUT2D eigenvalue weighted by Gasteiger charge is 2.44. The number of aromatic nitrogens is 2. The summed E-state index contributed by atoms with van der Waals surface area (Å²) in [5.74, 6) is 0.146. The lowest BCUT2D eigenvalue weighted by Crippen LogP contribution is -2.49. The number of rotatable bonds is 4. The van der Waals surface area contributed by atoms with E-state index in [0.717, 1.165) is 25.3 Å². The molecule has 0 radical (unpaired) electrons. The summed E-state index contributed by atoms with van der Waals surface area (Å²) in [4.78, 5) is 23.1. The fourth-order valence-electron chi connectivity index (χ4n) is 4.23. The van der Waals surface area contributed by atoms with Crippen molar-refractivity contribution in [3.8, 4) is 0 Å². The van der Waals surface area contributed by atoms with Gasteiger partial charge in [-0.25, -0.2) is 0 Å². The maximum absolute atomic E-state index is 13.1. The average molecular weight is 364 g/mol. The lowest BCUT2D eigenvalue weighted by molar-refractivity contribution is 0.0559. The first kappa shape index (κ1) is 15.8. The highest BCUT2D eigenvalue weighted by Crippen LogP contribution is 2.35. The molecule has 3 aromatic heterocycles. The molecule has 2 atom stereocenters. The van der Waals surface area contributed by atoms with Gasteiger partial charge < -0.3 is 9.47 Å². The Hall–Kier alpha value is -2.44. The normalized spacial score (nSPS) is 22.5. The summed E-state index contributed by atoms with van der Waals surface area (Å²) in [6, 6.07) is 12.7. The van der Waals surface area contributed by atoms with Crippen molar-refractivity contribution in [2.75, 3.05) is 13.1 Å². The molecule has 2 aliphatic heterocycles. The van der Waals surface area contributed by atoms with Gasteiger partial charge in [-0.1, -0.05) is 12.1 Å². The highest BCUT2D eigenvalue weighted by molar-refractivity contribution is 7.09. The zero-order chi connectivity index (χ0) is 17.5. The van der Waals surface area contributed by atoms with Crippen LogP contribution >= 0.6 is 11.3 Å². The van der Waals surface area contributed by atoms with Crippen molar-refractivity contribution in [1.82, 2.24) is 19.4 Å². The first-order valence-electron chi connectivity index (χ1n) is 8.91. The Kier molecular flexibility index (Phi) is 3.87. The van der Waals surface area contributed by atoms with Crippen molar-refractivity contribution in [2.45, 2.75) is 25.2 Å². The molecule has 6 heteroatoms. The predicted octanol–water partition coefficient (Wildman–Crippen LogP) is 3.03. The van der Waals surface area contributed by atoms with Crippen LogP contribution in [0.4, 0.5) is 0 Å². The second-order valence-electron chi connectivity index (χ2n) is 7.00. The monoisotopic (exact) mass is 364 g/mol. The van der Waals surface area contributed by atoms with Crippen LogP contribution in [0.5, 0.6) is 0 Å². The van der Waals surface area contributed by atoms with Crippen molar-refractivity contribution in [3.05, 3.63) is 76.5 Å². The van der Waals surface area contributed by atoms with Crippen molar-refractivity contribution < 1.29 is 4.79 Å². The minimum Gasteiger partial charge on any atom is -0.337 e. The van der Waals surface area contributed by atoms with Crippen LogP contribution in [0.3, 0.4) is 0 Å². The molecular weight excluding hydrogens is 344 g/mol. The molecule has 5 rings (SSSR count). The van der Waals surface area contributed by atoms with Crippen LogP contribution in [0.2, 0.25) is 0 Å². The van der Waals surface area contributed by atoms with Gasteiger partial charge in [0.1, 0.15) is 5.69 Å². The third-order valence-corrected chi connectivity index (χ3v) is 6.25. The van der Waals surface area contributed by atoms with E-state index in [-0.39, 0.29) is 11.9 Å². The first-order valence-corrected chi connectivity index (χ1v) is 9.79. The quantitative estimate of drug-likeness (QED) is 0.715. The van der Waals surface area contributed by atoms with Crippen LogP contribution in [-0.4, -0.2) is 44.4 Å². The third-order valence-electron chi connectivity index (χ3n) is 5.39. The summed E-state index contributed by atoms with van der Waals surface area (Å²) >= 11 is 1.72. The number of carbonyl (C=O) groups excluding carboxylic acids is 1. The van der Waals surface area contributed by atoms with E-state index in [1.807, 2.05) is 24.4 Å². The number of hydrogen-bond donors (Lipinski definition) is 0. The molecule has 3 aromatic rings. The zero-order valence-electron chi connectivity index (χ0n) is 14.4. The highest BCUT2D eigenvalue weighted by atomic mass is 32.1. The Bertz CT molecular complexity index is 905. The molecule has 0 spiro atoms. The van der Waals surface area contributed by atoms with Gasteiger partial charge in [-0.05, 0) is 35.2 Å². The van der Waals surface area contributed by atoms with E-state index >= 15 is 0 Å². The second kappa shape index (κ2) is 6.37. The summed E-state index contributed by atoms with van der Waals surface area (Å²) in [6.07, 6.45) is 5.79. The molecule has 0 bridgehead atoms. The van der Waals surface area contributed by atoms with E-state index in [9.17, 15) is 4.79 Å². The Morgan fingerprint density at radius 2 is 2.00 bits per heavy atom. The van der Waals surface area contributed by atoms with Crippen LogP contribution in [0.1, 0.15) is 27.0 Å². The Morgan fingerprint density at radius 3 is 2.81 bits per heavy atom. The summed E-state index contributed by atoms with van der Waals surface area (Å²) in [5.41, 5.74) is 2.03. The lowest BCUT2D eigenvalue weighted by atomic mass is 10.1. The maximum atomic E-state index is 13.1. The number of thiophene rings is 1. The van der Waals surface area contributed by atoms with E-state index in [1.54, 1.807) is 17.5 Å². The van der Waals surface area contributed by atoms with Crippen molar-refractivity contribution in [1.29, 1.82) is 0 Å². The molecular formula is C20H20N4OS. The minimum absolute atomic E-state index is 0.146. The standard InChI is InChI=1S/C20H20N4OS/c25-20-17-6-2-8-23(17)18-13-22(11-15-4-1-7-21-10-15)14-19(18)24(20)12-16-5-3-9-26-16/h1-10,18-19H,11-14H2/t18-,19+/m1/s1. The van der Waals surface area contributed by atoms with Crippen LogP contribution < -0.4 is 0 Å². The molecule has 0 unspecified atom stereocenters. The fourth-order valence-corrected chi connectivity index (χ4v) is 4.93. The average Bonchev–Trinajstić information content (AvgIpc) is 3.39. The predicted molar refractivity (Wildman–Crippen MR) is 101 cm³/mol. The van der Waals surface area contributed by atoms with Gasteiger partial charge in [0.15, 0.2) is 0 Å². The molecule has 0 N–H and O–H groups in total. The topological polar surface area (TPSA) is 41.4 Å². The van der Waals surface area contributed by atoms with Gasteiger partial charge in [0, 0.05) is 43.1 Å². The molecule has 1 fully saturated rings. The molecule has 2 aliphatic rings. The first-order chi connectivity index (χ1) is 12.8. The Balaban J connectivity index is 1.44. The van der Waals surface area contributed by atoms with Crippen LogP contribution in [0.15, 0.2) is 60.4 Å². The van der Waals surface area contributed by atoms with Crippen LogP contribution in [0.25, 0.3) is 0 Å². The van der Waals surface area contributed by atoms with Crippen molar-refractivity contribution in [2.24, 2.45) is 0 Å². The maximum Gasteiger partial charge on any atom is 0.271 e. The molecule has 0 saturated carbocycles. The molecule has 1 amide bonds. The number of hydrogen-bond acceptors (Lipinski definition) is 4. The Morgan fingerprint density at radius 1 is 1.08 bits per heavy atom. The molecule has 132 valence electrons. The number of nitrogens with zero attached hydrogens (tertiary/aromatic N) is 4. The van der Waals surface area contributed by atoms with E-state index in [0.29, 0.717) is 12.6 Å². The molecule has 5 heterocycles. The molecule has 26 heavy (non-hydrogen) atoms. The zero-order valence-corrected chi connectivity index (χ0v) is 15.2. The van der Waals surface area contributed by atoms with Gasteiger partial charge in [0.25, 0.3) is 5.91 Å². The molecule has 0 aliphatic carbocycles. The number of pyridine rings is 1. The van der Waals surface area contributed by atoms with Gasteiger partial charge in [-0.2, -0.15) is 0 Å². The largest absolute Gasteiger partial charge is 0.337 e. The number of likely N-dealkylation sites (tertiary alicyclic amines) is 1. The van der Waals surface area contributed by atoms with Crippen molar-refractivity contribution >= 4 is 17.2 Å². The van der Waals surface area contributed by atoms with Gasteiger partial charge in [0.05, 0.1) is 18.6 Å². The molecule has 1 saturated heterocycles. The van der Waals surface area contributed by atoms with E-state index in [4.69, 9.17) is 0 Å². The summed E-state index contributed by atoms with van der Waals surface area (Å²) in [5, 5.41) is 2.08. The SMILES string of the molecule is O=C1c2cccn2[C@@H]2CN(Cc3cccnc3)C[C@@H]2N1Cc1cccs1. The van der Waals surface area contributed by atoms with E-state index in [2.05, 4.69) is 49.1 Å². The minimum atomic E-state index is 0.146. The summed E-state index contributed by atoms with van der Waals surface area (Å²) < 4.78 is 2.18. The number of carbonyl (C=O) groups is 1. The van der Waals surface area contributed by atoms with Gasteiger partial charge in [0.2, 0.25) is 0 Å². The van der Waals surface area contributed by atoms with Gasteiger partial charge in [-0.3, -0.25) is 14.7 Å². The van der Waals surface area contributed by atoms with Crippen LogP contribution in [-0.2, 0) is 13.1 Å². The van der Waals surface area contributed by atoms with Gasteiger partial charge >= 0.3 is 0 Å². The van der Waals surface area contributed by atoms with E-state index in [1.165, 1.54) is 10.4 Å². The van der Waals surface area contributed by atoms with Gasteiger partial charge in [-0.15, -0.1) is 11.3 Å².